The van der Waals surface area contributed by atoms with Gasteiger partial charge in [0.15, 0.2) is 0 Å². The third-order valence-corrected chi connectivity index (χ3v) is 10.2. The summed E-state index contributed by atoms with van der Waals surface area (Å²) in [5, 5.41) is 2.54. The lowest BCUT2D eigenvalue weighted by molar-refractivity contribution is -0.122. The maximum atomic E-state index is 13.9. The number of benzene rings is 3. The number of carbonyl (C=O) groups is 3. The van der Waals surface area contributed by atoms with Crippen molar-refractivity contribution in [3.05, 3.63) is 109 Å². The van der Waals surface area contributed by atoms with Gasteiger partial charge in [-0.2, -0.15) is 0 Å². The molecular formula is C29H21BrFN3O4S2. The van der Waals surface area contributed by atoms with Crippen LogP contribution >= 0.6 is 39.0 Å². The zero-order valence-corrected chi connectivity index (χ0v) is 24.2. The van der Waals surface area contributed by atoms with E-state index in [9.17, 15) is 23.6 Å². The lowest BCUT2D eigenvalue weighted by atomic mass is 9.83. The highest BCUT2D eigenvalue weighted by Crippen LogP contribution is 2.54. The summed E-state index contributed by atoms with van der Waals surface area (Å²) in [6.07, 6.45) is 0. The zero-order chi connectivity index (χ0) is 28.1. The molecule has 0 bridgehead atoms. The minimum absolute atomic E-state index is 0.238. The fourth-order valence-electron chi connectivity index (χ4n) is 5.21. The number of imide groups is 1. The van der Waals surface area contributed by atoms with Crippen molar-refractivity contribution in [1.29, 1.82) is 0 Å². The van der Waals surface area contributed by atoms with Crippen LogP contribution in [0.4, 0.5) is 15.8 Å². The van der Waals surface area contributed by atoms with Crippen molar-refractivity contribution in [2.24, 2.45) is 5.92 Å². The molecule has 3 unspecified atom stereocenters. The molecule has 11 heteroatoms. The molecule has 4 aromatic rings. The maximum Gasteiger partial charge on any atom is 0.308 e. The smallest absolute Gasteiger partial charge is 0.308 e. The van der Waals surface area contributed by atoms with Gasteiger partial charge in [-0.3, -0.25) is 23.7 Å². The van der Waals surface area contributed by atoms with Crippen LogP contribution in [-0.4, -0.2) is 27.5 Å². The highest BCUT2D eigenvalue weighted by Gasteiger charge is 2.56. The molecule has 40 heavy (non-hydrogen) atoms. The van der Waals surface area contributed by atoms with Gasteiger partial charge in [-0.1, -0.05) is 69.4 Å². The number of carbonyl (C=O) groups excluding carboxylic acids is 3. The van der Waals surface area contributed by atoms with E-state index in [0.29, 0.717) is 15.6 Å². The number of fused-ring (bicyclic) bond motifs is 2. The Balaban J connectivity index is 1.42. The van der Waals surface area contributed by atoms with Crippen molar-refractivity contribution >= 4 is 68.1 Å². The first kappa shape index (κ1) is 26.7. The van der Waals surface area contributed by atoms with E-state index in [0.717, 1.165) is 43.6 Å². The normalized spacial score (nSPS) is 19.9. The number of hydrogen-bond donors (Lipinski definition) is 1. The van der Waals surface area contributed by atoms with E-state index in [2.05, 4.69) is 21.2 Å². The highest BCUT2D eigenvalue weighted by molar-refractivity contribution is 9.10. The van der Waals surface area contributed by atoms with E-state index in [1.54, 1.807) is 6.07 Å². The Kier molecular flexibility index (Phi) is 6.97. The van der Waals surface area contributed by atoms with Crippen molar-refractivity contribution in [3.8, 4) is 0 Å². The van der Waals surface area contributed by atoms with E-state index in [4.69, 9.17) is 0 Å². The van der Waals surface area contributed by atoms with E-state index in [1.807, 2.05) is 49.4 Å². The van der Waals surface area contributed by atoms with E-state index in [1.165, 1.54) is 28.8 Å². The van der Waals surface area contributed by atoms with Gasteiger partial charge in [-0.05, 0) is 60.5 Å². The Labute approximate surface area is 245 Å². The highest BCUT2D eigenvalue weighted by atomic mass is 79.9. The van der Waals surface area contributed by atoms with Crippen molar-refractivity contribution in [3.63, 3.8) is 0 Å². The summed E-state index contributed by atoms with van der Waals surface area (Å²) in [5.41, 5.74) is 2.60. The molecule has 1 N–H and O–H groups in total. The lowest BCUT2D eigenvalue weighted by Crippen LogP contribution is -2.33. The van der Waals surface area contributed by atoms with Crippen molar-refractivity contribution < 1.29 is 18.8 Å². The van der Waals surface area contributed by atoms with Crippen LogP contribution in [0.2, 0.25) is 0 Å². The Bertz CT molecular complexity index is 1740. The first-order valence-corrected chi connectivity index (χ1v) is 14.9. The number of nitrogens with one attached hydrogen (secondary N) is 1. The largest absolute Gasteiger partial charge is 0.324 e. The summed E-state index contributed by atoms with van der Waals surface area (Å²) < 4.78 is 15.8. The number of halogens is 2. The Morgan fingerprint density at radius 1 is 1.00 bits per heavy atom. The molecule has 1 aromatic heterocycles. The fourth-order valence-corrected chi connectivity index (χ4v) is 8.40. The molecule has 3 aromatic carbocycles. The van der Waals surface area contributed by atoms with E-state index in [-0.39, 0.29) is 23.0 Å². The Morgan fingerprint density at radius 2 is 1.75 bits per heavy atom. The van der Waals surface area contributed by atoms with Gasteiger partial charge in [0.2, 0.25) is 17.7 Å². The first-order valence-electron chi connectivity index (χ1n) is 12.4. The Morgan fingerprint density at radius 3 is 2.48 bits per heavy atom. The average molecular weight is 639 g/mol. The second-order valence-electron chi connectivity index (χ2n) is 9.57. The summed E-state index contributed by atoms with van der Waals surface area (Å²) >= 11 is 5.62. The molecule has 3 amide bonds. The van der Waals surface area contributed by atoms with Crippen LogP contribution in [0.3, 0.4) is 0 Å². The third kappa shape index (κ3) is 4.61. The third-order valence-electron chi connectivity index (χ3n) is 7.06. The summed E-state index contributed by atoms with van der Waals surface area (Å²) in [4.78, 5) is 55.3. The molecule has 7 nitrogen and oxygen atoms in total. The predicted octanol–water partition coefficient (Wildman–Crippen LogP) is 5.55. The number of thiazole rings is 1. The number of hydrogen-bond acceptors (Lipinski definition) is 6. The fraction of sp³-hybridized carbons (Fsp3) is 0.172. The van der Waals surface area contributed by atoms with E-state index < -0.39 is 34.7 Å². The van der Waals surface area contributed by atoms with Gasteiger partial charge in [-0.25, -0.2) is 9.29 Å². The molecule has 1 saturated heterocycles. The SMILES string of the molecule is Cc1ccccc1NC(=O)Cn1c2c(sc1=O)C(c1cccc(Br)c1)C1C(=O)N(c3ccc(F)cc3)C(=O)C1S2. The van der Waals surface area contributed by atoms with Crippen LogP contribution in [0.5, 0.6) is 0 Å². The predicted molar refractivity (Wildman–Crippen MR) is 156 cm³/mol. The lowest BCUT2D eigenvalue weighted by Gasteiger charge is -2.30. The molecule has 0 aliphatic carbocycles. The van der Waals surface area contributed by atoms with Crippen LogP contribution < -0.4 is 15.1 Å². The topological polar surface area (TPSA) is 88.5 Å². The number of rotatable bonds is 5. The minimum Gasteiger partial charge on any atom is -0.324 e. The first-order chi connectivity index (χ1) is 19.2. The molecular weight excluding hydrogens is 617 g/mol. The van der Waals surface area contributed by atoms with Crippen LogP contribution in [-0.2, 0) is 20.9 Å². The van der Waals surface area contributed by atoms with Crippen molar-refractivity contribution in [2.45, 2.75) is 29.7 Å². The second-order valence-corrected chi connectivity index (χ2v) is 12.6. The second kappa shape index (κ2) is 10.5. The van der Waals surface area contributed by atoms with E-state index >= 15 is 0 Å². The average Bonchev–Trinajstić information content (AvgIpc) is 3.36. The quantitative estimate of drug-likeness (QED) is 0.290. The van der Waals surface area contributed by atoms with Gasteiger partial charge in [0.25, 0.3) is 0 Å². The summed E-state index contributed by atoms with van der Waals surface area (Å²) in [6.45, 7) is 1.64. The number of aryl methyl sites for hydroxylation is 1. The van der Waals surface area contributed by atoms with Crippen LogP contribution in [0.15, 0.2) is 87.1 Å². The molecule has 3 heterocycles. The van der Waals surface area contributed by atoms with Crippen molar-refractivity contribution in [1.82, 2.24) is 4.57 Å². The van der Waals surface area contributed by atoms with Gasteiger partial charge < -0.3 is 5.32 Å². The van der Waals surface area contributed by atoms with Crippen LogP contribution in [0.25, 0.3) is 0 Å². The summed E-state index contributed by atoms with van der Waals surface area (Å²) in [7, 11) is 0. The minimum atomic E-state index is -0.825. The Hall–Kier alpha value is -3.54. The van der Waals surface area contributed by atoms with Gasteiger partial charge in [0.1, 0.15) is 17.6 Å². The standard InChI is InChI=1S/C29H21BrFN3O4S2/c1-15-5-2-3-8-20(15)32-21(35)14-33-28-25(40-29(33)38)22(16-6-4-7-17(30)13-16)23-24(39-28)27(37)34(26(23)36)19-11-9-18(31)10-12-19/h2-13,22-24H,14H2,1H3,(H,32,35). The molecule has 0 radical (unpaired) electrons. The number of nitrogens with zero attached hydrogens (tertiary/aromatic N) is 2. The number of thioether (sulfide) groups is 1. The van der Waals surface area contributed by atoms with Gasteiger partial charge >= 0.3 is 4.87 Å². The van der Waals surface area contributed by atoms with Gasteiger partial charge in [-0.15, -0.1) is 0 Å². The van der Waals surface area contributed by atoms with Gasteiger partial charge in [0.05, 0.1) is 16.6 Å². The van der Waals surface area contributed by atoms with Crippen LogP contribution in [0.1, 0.15) is 21.9 Å². The molecule has 2 aliphatic rings. The number of aromatic nitrogens is 1. The zero-order valence-electron chi connectivity index (χ0n) is 21.0. The molecule has 6 rings (SSSR count). The van der Waals surface area contributed by atoms with Crippen LogP contribution in [0, 0.1) is 18.7 Å². The summed E-state index contributed by atoms with van der Waals surface area (Å²) in [6, 6.07) is 20.0. The van der Waals surface area contributed by atoms with Crippen molar-refractivity contribution in [2.75, 3.05) is 10.2 Å². The molecule has 0 spiro atoms. The number of para-hydroxylation sites is 1. The molecule has 202 valence electrons. The molecule has 2 aliphatic heterocycles. The molecule has 1 fully saturated rings. The molecule has 0 saturated carbocycles. The summed E-state index contributed by atoms with van der Waals surface area (Å²) in [5.74, 6) is -3.06. The number of anilines is 2. The van der Waals surface area contributed by atoms with Gasteiger partial charge in [0, 0.05) is 21.0 Å². The monoisotopic (exact) mass is 637 g/mol. The molecule has 3 atom stereocenters. The maximum absolute atomic E-state index is 13.9. The number of amides is 3.